The van der Waals surface area contributed by atoms with Crippen molar-refractivity contribution in [3.8, 4) is 5.88 Å². The van der Waals surface area contributed by atoms with Crippen LogP contribution in [0.1, 0.15) is 36.8 Å². The summed E-state index contributed by atoms with van der Waals surface area (Å²) in [5.41, 5.74) is 3.69. The van der Waals surface area contributed by atoms with Crippen LogP contribution in [0.4, 0.5) is 10.5 Å². The number of amides is 2. The predicted molar refractivity (Wildman–Crippen MR) is 112 cm³/mol. The Morgan fingerprint density at radius 2 is 1.93 bits per heavy atom. The smallest absolute Gasteiger partial charge is 0.317 e. The first kappa shape index (κ1) is 20.0. The fraction of sp³-hybridized carbons (Fsp3) is 0.455. The average molecular weight is 383 g/mol. The van der Waals surface area contributed by atoms with E-state index in [1.54, 1.807) is 19.0 Å². The number of hydrogen-bond donors (Lipinski definition) is 1. The molecule has 0 atom stereocenters. The van der Waals surface area contributed by atoms with E-state index in [1.807, 2.05) is 19.2 Å². The van der Waals surface area contributed by atoms with Gasteiger partial charge in [-0.15, -0.1) is 0 Å². The molecule has 1 saturated heterocycles. The fourth-order valence-electron chi connectivity index (χ4n) is 3.54. The van der Waals surface area contributed by atoms with Gasteiger partial charge >= 0.3 is 6.03 Å². The Hall–Kier alpha value is -2.76. The highest BCUT2D eigenvalue weighted by atomic mass is 16.5. The minimum absolute atomic E-state index is 0.0694. The normalized spacial score (nSPS) is 14.6. The van der Waals surface area contributed by atoms with E-state index in [1.165, 1.54) is 11.3 Å². The molecular weight excluding hydrogens is 352 g/mol. The molecule has 1 aliphatic heterocycles. The molecule has 6 nitrogen and oxygen atoms in total. The van der Waals surface area contributed by atoms with Crippen LogP contribution in [0.2, 0.25) is 0 Å². The topological polar surface area (TPSA) is 57.7 Å². The standard InChI is InChI=1S/C22H30N4O2/c1-4-28-21-15-20(9-12-23-21)26-13-10-19(11-14-26)18-7-5-17(6-8-18)16-24-22(27)25(2)3/h5-9,12,15,19H,4,10-11,13-14,16H2,1-3H3,(H,24,27). The lowest BCUT2D eigenvalue weighted by Crippen LogP contribution is -2.34. The number of rotatable bonds is 6. The summed E-state index contributed by atoms with van der Waals surface area (Å²) in [6, 6.07) is 12.7. The van der Waals surface area contributed by atoms with Gasteiger partial charge in [0, 0.05) is 51.7 Å². The molecule has 1 aromatic carbocycles. The highest BCUT2D eigenvalue weighted by Gasteiger charge is 2.21. The molecule has 28 heavy (non-hydrogen) atoms. The summed E-state index contributed by atoms with van der Waals surface area (Å²) < 4.78 is 5.52. The van der Waals surface area contributed by atoms with Gasteiger partial charge in [0.15, 0.2) is 0 Å². The Bertz CT molecular complexity index is 768. The van der Waals surface area contributed by atoms with E-state index in [9.17, 15) is 4.79 Å². The predicted octanol–water partition coefficient (Wildman–Crippen LogP) is 3.64. The van der Waals surface area contributed by atoms with Gasteiger partial charge in [-0.1, -0.05) is 24.3 Å². The van der Waals surface area contributed by atoms with Crippen molar-refractivity contribution in [2.75, 3.05) is 38.7 Å². The van der Waals surface area contributed by atoms with Crippen molar-refractivity contribution in [2.24, 2.45) is 0 Å². The first-order chi connectivity index (χ1) is 13.6. The molecule has 0 radical (unpaired) electrons. The van der Waals surface area contributed by atoms with Crippen LogP contribution in [0.15, 0.2) is 42.6 Å². The number of anilines is 1. The zero-order chi connectivity index (χ0) is 19.9. The largest absolute Gasteiger partial charge is 0.478 e. The zero-order valence-electron chi connectivity index (χ0n) is 17.0. The second kappa shape index (κ2) is 9.44. The number of hydrogen-bond acceptors (Lipinski definition) is 4. The van der Waals surface area contributed by atoms with Gasteiger partial charge in [-0.3, -0.25) is 0 Å². The summed E-state index contributed by atoms with van der Waals surface area (Å²) in [4.78, 5) is 19.8. The van der Waals surface area contributed by atoms with Crippen molar-refractivity contribution in [2.45, 2.75) is 32.2 Å². The molecular formula is C22H30N4O2. The first-order valence-electron chi connectivity index (χ1n) is 9.94. The van der Waals surface area contributed by atoms with Crippen molar-refractivity contribution in [1.82, 2.24) is 15.2 Å². The molecule has 1 fully saturated rings. The van der Waals surface area contributed by atoms with E-state index in [0.717, 1.165) is 31.5 Å². The number of benzene rings is 1. The Labute approximate surface area is 167 Å². The first-order valence-corrected chi connectivity index (χ1v) is 9.94. The third kappa shape index (κ3) is 5.15. The number of carbonyl (C=O) groups is 1. The Morgan fingerprint density at radius 3 is 2.57 bits per heavy atom. The Kier molecular flexibility index (Phi) is 6.74. The van der Waals surface area contributed by atoms with Crippen molar-refractivity contribution in [1.29, 1.82) is 0 Å². The molecule has 0 aliphatic carbocycles. The van der Waals surface area contributed by atoms with E-state index >= 15 is 0 Å². The van der Waals surface area contributed by atoms with Crippen LogP contribution in [-0.2, 0) is 6.54 Å². The van der Waals surface area contributed by atoms with Crippen LogP contribution in [0, 0.1) is 0 Å². The second-order valence-corrected chi connectivity index (χ2v) is 7.34. The molecule has 1 N–H and O–H groups in total. The quantitative estimate of drug-likeness (QED) is 0.829. The monoisotopic (exact) mass is 382 g/mol. The van der Waals surface area contributed by atoms with Crippen molar-refractivity contribution < 1.29 is 9.53 Å². The third-order valence-electron chi connectivity index (χ3n) is 5.17. The highest BCUT2D eigenvalue weighted by molar-refractivity contribution is 5.73. The molecule has 2 aromatic rings. The van der Waals surface area contributed by atoms with Crippen LogP contribution < -0.4 is 15.0 Å². The molecule has 6 heteroatoms. The summed E-state index contributed by atoms with van der Waals surface area (Å²) >= 11 is 0. The number of carbonyl (C=O) groups excluding carboxylic acids is 1. The number of pyridine rings is 1. The molecule has 1 aliphatic rings. The van der Waals surface area contributed by atoms with Gasteiger partial charge < -0.3 is 19.9 Å². The van der Waals surface area contributed by atoms with Crippen LogP contribution in [-0.4, -0.2) is 49.7 Å². The van der Waals surface area contributed by atoms with Gasteiger partial charge in [-0.05, 0) is 42.9 Å². The van der Waals surface area contributed by atoms with Gasteiger partial charge in [-0.25, -0.2) is 9.78 Å². The summed E-state index contributed by atoms with van der Waals surface area (Å²) in [6.07, 6.45) is 4.08. The number of piperidine rings is 1. The SMILES string of the molecule is CCOc1cc(N2CCC(c3ccc(CNC(=O)N(C)C)cc3)CC2)ccn1. The number of aromatic nitrogens is 1. The summed E-state index contributed by atoms with van der Waals surface area (Å²) in [5, 5.41) is 2.90. The van der Waals surface area contributed by atoms with E-state index in [2.05, 4.69) is 45.5 Å². The van der Waals surface area contributed by atoms with Crippen LogP contribution in [0.3, 0.4) is 0 Å². The Morgan fingerprint density at radius 1 is 1.21 bits per heavy atom. The molecule has 0 bridgehead atoms. The maximum absolute atomic E-state index is 11.6. The van der Waals surface area contributed by atoms with Crippen molar-refractivity contribution in [3.05, 3.63) is 53.7 Å². The lowest BCUT2D eigenvalue weighted by Gasteiger charge is -2.34. The van der Waals surface area contributed by atoms with E-state index in [4.69, 9.17) is 4.74 Å². The molecule has 150 valence electrons. The van der Waals surface area contributed by atoms with Gasteiger partial charge in [0.2, 0.25) is 5.88 Å². The van der Waals surface area contributed by atoms with E-state index in [0.29, 0.717) is 24.9 Å². The second-order valence-electron chi connectivity index (χ2n) is 7.34. The molecule has 2 heterocycles. The number of ether oxygens (including phenoxy) is 1. The summed E-state index contributed by atoms with van der Waals surface area (Å²) in [7, 11) is 3.49. The highest BCUT2D eigenvalue weighted by Crippen LogP contribution is 2.31. The van der Waals surface area contributed by atoms with Gasteiger partial charge in [-0.2, -0.15) is 0 Å². The van der Waals surface area contributed by atoms with Gasteiger partial charge in [0.05, 0.1) is 6.61 Å². The molecule has 0 spiro atoms. The van der Waals surface area contributed by atoms with Crippen molar-refractivity contribution >= 4 is 11.7 Å². The van der Waals surface area contributed by atoms with Crippen molar-refractivity contribution in [3.63, 3.8) is 0 Å². The third-order valence-corrected chi connectivity index (χ3v) is 5.17. The lowest BCUT2D eigenvalue weighted by atomic mass is 9.89. The molecule has 2 amide bonds. The molecule has 0 unspecified atom stereocenters. The number of urea groups is 1. The average Bonchev–Trinajstić information content (AvgIpc) is 2.73. The van der Waals surface area contributed by atoms with Gasteiger partial charge in [0.1, 0.15) is 0 Å². The van der Waals surface area contributed by atoms with Crippen LogP contribution >= 0.6 is 0 Å². The summed E-state index contributed by atoms with van der Waals surface area (Å²) in [6.45, 7) is 5.22. The van der Waals surface area contributed by atoms with Crippen LogP contribution in [0.5, 0.6) is 5.88 Å². The summed E-state index contributed by atoms with van der Waals surface area (Å²) in [5.74, 6) is 1.27. The number of nitrogens with one attached hydrogen (secondary N) is 1. The van der Waals surface area contributed by atoms with Crippen LogP contribution in [0.25, 0.3) is 0 Å². The lowest BCUT2D eigenvalue weighted by molar-refractivity contribution is 0.217. The minimum Gasteiger partial charge on any atom is -0.478 e. The fourth-order valence-corrected chi connectivity index (χ4v) is 3.54. The maximum atomic E-state index is 11.6. The molecule has 1 aromatic heterocycles. The molecule has 0 saturated carbocycles. The van der Waals surface area contributed by atoms with E-state index < -0.39 is 0 Å². The Balaban J connectivity index is 1.53. The van der Waals surface area contributed by atoms with Gasteiger partial charge in [0.25, 0.3) is 0 Å². The zero-order valence-corrected chi connectivity index (χ0v) is 17.0. The molecule has 3 rings (SSSR count). The number of nitrogens with zero attached hydrogens (tertiary/aromatic N) is 3. The van der Waals surface area contributed by atoms with E-state index in [-0.39, 0.29) is 6.03 Å². The minimum atomic E-state index is -0.0694. The maximum Gasteiger partial charge on any atom is 0.317 e.